The Morgan fingerprint density at radius 3 is 2.15 bits per heavy atom. The number of rotatable bonds is 1. The molecular formula is C11H19NO. The van der Waals surface area contributed by atoms with Crippen molar-refractivity contribution in [2.45, 2.75) is 45.6 Å². The summed E-state index contributed by atoms with van der Waals surface area (Å²) in [5.74, 6) is 2.09. The zero-order valence-electron chi connectivity index (χ0n) is 8.76. The molecule has 0 aromatic rings. The molecule has 2 bridgehead atoms. The fourth-order valence-electron chi connectivity index (χ4n) is 2.78. The van der Waals surface area contributed by atoms with Crippen LogP contribution < -0.4 is 5.32 Å². The Hall–Kier alpha value is -0.530. The smallest absolute Gasteiger partial charge is 0.224 e. The van der Waals surface area contributed by atoms with Gasteiger partial charge in [-0.3, -0.25) is 4.79 Å². The molecule has 2 nitrogen and oxygen atoms in total. The van der Waals surface area contributed by atoms with Gasteiger partial charge in [0.25, 0.3) is 0 Å². The van der Waals surface area contributed by atoms with E-state index in [9.17, 15) is 4.79 Å². The zero-order chi connectivity index (χ0) is 9.64. The number of hydrogen-bond donors (Lipinski definition) is 1. The molecule has 0 saturated heterocycles. The topological polar surface area (TPSA) is 29.1 Å². The predicted molar refractivity (Wildman–Crippen MR) is 52.2 cm³/mol. The fourth-order valence-corrected chi connectivity index (χ4v) is 2.78. The maximum absolute atomic E-state index is 11.8. The number of nitrogens with one attached hydrogen (secondary N) is 1. The summed E-state index contributed by atoms with van der Waals surface area (Å²) < 4.78 is 0. The fraction of sp³-hybridized carbons (Fsp3) is 0.909. The molecule has 3 rings (SSSR count). The molecule has 1 N–H and O–H groups in total. The minimum atomic E-state index is -0.0634. The molecular weight excluding hydrogens is 162 g/mol. The standard InChI is InChI=1S/C11H19NO/c1-11(2,3)12-10(13)9-7-4-5-8(9)6-7/h7-9H,4-6H2,1-3H3,(H,12,13)/t7-,8-/m0/s1. The van der Waals surface area contributed by atoms with Crippen molar-refractivity contribution in [1.82, 2.24) is 5.32 Å². The average molecular weight is 181 g/mol. The molecule has 3 aliphatic rings. The highest BCUT2D eigenvalue weighted by molar-refractivity contribution is 5.81. The van der Waals surface area contributed by atoms with E-state index in [1.54, 1.807) is 0 Å². The predicted octanol–water partition coefficient (Wildman–Crippen LogP) is 1.95. The molecule has 3 saturated carbocycles. The average Bonchev–Trinajstić information content (AvgIpc) is 2.36. The van der Waals surface area contributed by atoms with E-state index in [2.05, 4.69) is 5.32 Å². The number of amides is 1. The monoisotopic (exact) mass is 181 g/mol. The Morgan fingerprint density at radius 2 is 1.77 bits per heavy atom. The van der Waals surface area contributed by atoms with Gasteiger partial charge >= 0.3 is 0 Å². The van der Waals surface area contributed by atoms with E-state index in [-0.39, 0.29) is 5.54 Å². The molecule has 0 unspecified atom stereocenters. The van der Waals surface area contributed by atoms with E-state index in [0.717, 1.165) is 0 Å². The number of fused-ring (bicyclic) bond motifs is 1. The Balaban J connectivity index is 1.92. The summed E-state index contributed by atoms with van der Waals surface area (Å²) in [7, 11) is 0. The normalized spacial score (nSPS) is 37.0. The first-order valence-electron chi connectivity index (χ1n) is 5.29. The molecule has 2 atom stereocenters. The van der Waals surface area contributed by atoms with Crippen molar-refractivity contribution >= 4 is 5.91 Å². The van der Waals surface area contributed by atoms with E-state index in [4.69, 9.17) is 0 Å². The van der Waals surface area contributed by atoms with E-state index >= 15 is 0 Å². The molecule has 0 aromatic heterocycles. The van der Waals surface area contributed by atoms with Crippen LogP contribution in [0.1, 0.15) is 40.0 Å². The van der Waals surface area contributed by atoms with Crippen molar-refractivity contribution in [3.8, 4) is 0 Å². The van der Waals surface area contributed by atoms with Crippen LogP contribution in [0.4, 0.5) is 0 Å². The van der Waals surface area contributed by atoms with Crippen molar-refractivity contribution in [3.63, 3.8) is 0 Å². The van der Waals surface area contributed by atoms with Gasteiger partial charge in [0.15, 0.2) is 0 Å². The molecule has 13 heavy (non-hydrogen) atoms. The summed E-state index contributed by atoms with van der Waals surface area (Å²) in [5.41, 5.74) is -0.0634. The number of carbonyl (C=O) groups is 1. The van der Waals surface area contributed by atoms with Crippen LogP contribution >= 0.6 is 0 Å². The van der Waals surface area contributed by atoms with Crippen LogP contribution in [-0.2, 0) is 4.79 Å². The van der Waals surface area contributed by atoms with Gasteiger partial charge in [-0.05, 0) is 51.9 Å². The Morgan fingerprint density at radius 1 is 1.23 bits per heavy atom. The van der Waals surface area contributed by atoms with Crippen molar-refractivity contribution in [1.29, 1.82) is 0 Å². The van der Waals surface area contributed by atoms with Gasteiger partial charge in [-0.1, -0.05) is 0 Å². The maximum atomic E-state index is 11.8. The van der Waals surface area contributed by atoms with Gasteiger partial charge in [0.05, 0.1) is 0 Å². The van der Waals surface area contributed by atoms with Gasteiger partial charge < -0.3 is 5.32 Å². The van der Waals surface area contributed by atoms with Gasteiger partial charge in [-0.25, -0.2) is 0 Å². The third kappa shape index (κ3) is 1.59. The lowest BCUT2D eigenvalue weighted by molar-refractivity contribution is -0.132. The molecule has 74 valence electrons. The second-order valence-corrected chi connectivity index (χ2v) is 5.60. The molecule has 0 spiro atoms. The quantitative estimate of drug-likeness (QED) is 0.658. The van der Waals surface area contributed by atoms with Gasteiger partial charge in [0, 0.05) is 11.5 Å². The van der Waals surface area contributed by atoms with Crippen LogP contribution in [-0.4, -0.2) is 11.4 Å². The Kier molecular flexibility index (Phi) is 1.90. The summed E-state index contributed by atoms with van der Waals surface area (Å²) in [6, 6.07) is 0. The maximum Gasteiger partial charge on any atom is 0.224 e. The highest BCUT2D eigenvalue weighted by atomic mass is 16.2. The highest BCUT2D eigenvalue weighted by Gasteiger charge is 2.50. The zero-order valence-corrected chi connectivity index (χ0v) is 8.76. The summed E-state index contributed by atoms with van der Waals surface area (Å²) in [6.07, 6.45) is 3.88. The lowest BCUT2D eigenvalue weighted by atomic mass is 9.71. The minimum absolute atomic E-state index is 0.0634. The van der Waals surface area contributed by atoms with Crippen molar-refractivity contribution < 1.29 is 4.79 Å². The van der Waals surface area contributed by atoms with E-state index in [1.165, 1.54) is 19.3 Å². The van der Waals surface area contributed by atoms with Crippen molar-refractivity contribution in [3.05, 3.63) is 0 Å². The Labute approximate surface area is 80.1 Å². The van der Waals surface area contributed by atoms with Crippen LogP contribution in [0, 0.1) is 17.8 Å². The molecule has 2 heteroatoms. The minimum Gasteiger partial charge on any atom is -0.351 e. The third-order valence-electron chi connectivity index (χ3n) is 3.33. The first-order chi connectivity index (χ1) is 5.97. The third-order valence-corrected chi connectivity index (χ3v) is 3.33. The lowest BCUT2D eigenvalue weighted by Crippen LogP contribution is -2.49. The van der Waals surface area contributed by atoms with Crippen molar-refractivity contribution in [2.75, 3.05) is 0 Å². The van der Waals surface area contributed by atoms with Gasteiger partial charge in [0.2, 0.25) is 5.91 Å². The van der Waals surface area contributed by atoms with Crippen LogP contribution in [0.2, 0.25) is 0 Å². The SMILES string of the molecule is CC(C)(C)NC(=O)C1[C@H]2CC[C@H]1C2. The summed E-state index contributed by atoms with van der Waals surface area (Å²) in [6.45, 7) is 6.14. The van der Waals surface area contributed by atoms with Crippen LogP contribution in [0.15, 0.2) is 0 Å². The van der Waals surface area contributed by atoms with E-state index in [0.29, 0.717) is 23.7 Å². The summed E-state index contributed by atoms with van der Waals surface area (Å²) in [5, 5.41) is 3.08. The molecule has 3 fully saturated rings. The largest absolute Gasteiger partial charge is 0.351 e. The molecule has 0 heterocycles. The summed E-state index contributed by atoms with van der Waals surface area (Å²) in [4.78, 5) is 11.8. The first kappa shape index (κ1) is 9.04. The summed E-state index contributed by atoms with van der Waals surface area (Å²) >= 11 is 0. The van der Waals surface area contributed by atoms with Crippen LogP contribution in [0.3, 0.4) is 0 Å². The molecule has 0 aliphatic heterocycles. The number of carbonyl (C=O) groups excluding carboxylic acids is 1. The second kappa shape index (κ2) is 2.73. The van der Waals surface area contributed by atoms with E-state index in [1.807, 2.05) is 20.8 Å². The molecule has 0 aromatic carbocycles. The van der Waals surface area contributed by atoms with Crippen molar-refractivity contribution in [2.24, 2.45) is 17.8 Å². The van der Waals surface area contributed by atoms with Gasteiger partial charge in [-0.2, -0.15) is 0 Å². The molecule has 0 radical (unpaired) electrons. The van der Waals surface area contributed by atoms with Gasteiger partial charge in [0.1, 0.15) is 0 Å². The van der Waals surface area contributed by atoms with Crippen LogP contribution in [0.25, 0.3) is 0 Å². The second-order valence-electron chi connectivity index (χ2n) is 5.60. The molecule has 1 amide bonds. The molecule has 3 aliphatic carbocycles. The first-order valence-corrected chi connectivity index (χ1v) is 5.29. The lowest BCUT2D eigenvalue weighted by Gasteiger charge is -2.36. The Bertz CT molecular complexity index is 215. The van der Waals surface area contributed by atoms with Crippen LogP contribution in [0.5, 0.6) is 0 Å². The number of hydrogen-bond acceptors (Lipinski definition) is 1. The van der Waals surface area contributed by atoms with E-state index < -0.39 is 0 Å². The van der Waals surface area contributed by atoms with Gasteiger partial charge in [-0.15, -0.1) is 0 Å². The highest BCUT2D eigenvalue weighted by Crippen LogP contribution is 2.53.